The Morgan fingerprint density at radius 3 is 2.63 bits per heavy atom. The van der Waals surface area contributed by atoms with E-state index < -0.39 is 0 Å². The molecule has 1 heterocycles. The van der Waals surface area contributed by atoms with Crippen LogP contribution in [0.3, 0.4) is 0 Å². The highest BCUT2D eigenvalue weighted by Crippen LogP contribution is 2.24. The molecule has 2 fully saturated rings. The molecule has 1 aromatic rings. The fourth-order valence-corrected chi connectivity index (χ4v) is 2.82. The van der Waals surface area contributed by atoms with Crippen molar-refractivity contribution in [1.29, 1.82) is 0 Å². The lowest BCUT2D eigenvalue weighted by Crippen LogP contribution is -2.36. The molecule has 0 aromatic heterocycles. The van der Waals surface area contributed by atoms with Crippen molar-refractivity contribution < 1.29 is 5.11 Å². The molecule has 3 rings (SSSR count). The van der Waals surface area contributed by atoms with Crippen molar-refractivity contribution in [2.75, 3.05) is 24.6 Å². The number of hydrogen-bond donors (Lipinski definition) is 2. The summed E-state index contributed by atoms with van der Waals surface area (Å²) in [6.45, 7) is 3.43. The van der Waals surface area contributed by atoms with Gasteiger partial charge in [0.1, 0.15) is 0 Å². The lowest BCUT2D eigenvalue weighted by Gasteiger charge is -2.33. The summed E-state index contributed by atoms with van der Waals surface area (Å²) in [6.07, 6.45) is 5.04. The Balaban J connectivity index is 1.57. The van der Waals surface area contributed by atoms with E-state index in [1.54, 1.807) is 0 Å². The zero-order valence-corrected chi connectivity index (χ0v) is 11.5. The van der Waals surface area contributed by atoms with Gasteiger partial charge in [-0.15, -0.1) is 0 Å². The molecule has 104 valence electrons. The fourth-order valence-electron chi connectivity index (χ4n) is 2.82. The largest absolute Gasteiger partial charge is 0.396 e. The lowest BCUT2D eigenvalue weighted by molar-refractivity contribution is 0.209. The fraction of sp³-hybridized carbons (Fsp3) is 0.625. The van der Waals surface area contributed by atoms with E-state index in [1.807, 2.05) is 0 Å². The molecular formula is C16H24N2O. The average Bonchev–Trinajstić information content (AvgIpc) is 3.30. The summed E-state index contributed by atoms with van der Waals surface area (Å²) in [4.78, 5) is 2.41. The van der Waals surface area contributed by atoms with Crippen LogP contribution in [0.2, 0.25) is 0 Å². The summed E-state index contributed by atoms with van der Waals surface area (Å²) >= 11 is 0. The van der Waals surface area contributed by atoms with Gasteiger partial charge in [0.25, 0.3) is 0 Å². The molecule has 3 nitrogen and oxygen atoms in total. The second-order valence-electron chi connectivity index (χ2n) is 5.96. The van der Waals surface area contributed by atoms with Gasteiger partial charge in [0.2, 0.25) is 0 Å². The van der Waals surface area contributed by atoms with Gasteiger partial charge in [0, 0.05) is 38.0 Å². The summed E-state index contributed by atoms with van der Waals surface area (Å²) < 4.78 is 0. The molecule has 3 heteroatoms. The van der Waals surface area contributed by atoms with Crippen LogP contribution in [0.25, 0.3) is 0 Å². The first-order chi connectivity index (χ1) is 9.35. The molecule has 1 saturated carbocycles. The third-order valence-electron chi connectivity index (χ3n) is 4.25. The molecule has 1 aliphatic carbocycles. The van der Waals surface area contributed by atoms with E-state index in [1.165, 1.54) is 30.5 Å². The molecule has 1 aromatic carbocycles. The molecule has 0 spiro atoms. The van der Waals surface area contributed by atoms with Crippen molar-refractivity contribution in [2.45, 2.75) is 38.3 Å². The number of rotatable bonds is 5. The molecule has 0 amide bonds. The monoisotopic (exact) mass is 260 g/mol. The topological polar surface area (TPSA) is 35.5 Å². The van der Waals surface area contributed by atoms with Crippen molar-refractivity contribution in [1.82, 2.24) is 5.32 Å². The number of nitrogens with zero attached hydrogens (tertiary/aromatic N) is 1. The normalized spacial score (nSPS) is 23.6. The van der Waals surface area contributed by atoms with Crippen LogP contribution in [0, 0.1) is 5.92 Å². The van der Waals surface area contributed by atoms with E-state index in [0.29, 0.717) is 12.5 Å². The van der Waals surface area contributed by atoms with E-state index >= 15 is 0 Å². The molecule has 19 heavy (non-hydrogen) atoms. The molecule has 1 atom stereocenters. The van der Waals surface area contributed by atoms with Gasteiger partial charge in [-0.3, -0.25) is 0 Å². The Morgan fingerprint density at radius 1 is 1.16 bits per heavy atom. The second kappa shape index (κ2) is 5.93. The first-order valence-electron chi connectivity index (χ1n) is 7.53. The van der Waals surface area contributed by atoms with Crippen LogP contribution >= 0.6 is 0 Å². The van der Waals surface area contributed by atoms with Crippen LogP contribution in [-0.2, 0) is 6.54 Å². The Kier molecular flexibility index (Phi) is 4.04. The number of nitrogens with one attached hydrogen (secondary N) is 1. The van der Waals surface area contributed by atoms with Crippen molar-refractivity contribution in [3.8, 4) is 0 Å². The molecule has 0 radical (unpaired) electrons. The first-order valence-corrected chi connectivity index (χ1v) is 7.53. The van der Waals surface area contributed by atoms with Gasteiger partial charge in [0.15, 0.2) is 0 Å². The van der Waals surface area contributed by atoms with Gasteiger partial charge in [-0.25, -0.2) is 0 Å². The molecule has 2 N–H and O–H groups in total. The third-order valence-corrected chi connectivity index (χ3v) is 4.25. The summed E-state index contributed by atoms with van der Waals surface area (Å²) in [5, 5.41) is 12.8. The highest BCUT2D eigenvalue weighted by Gasteiger charge is 2.21. The maximum atomic E-state index is 9.29. The van der Waals surface area contributed by atoms with Crippen molar-refractivity contribution in [3.63, 3.8) is 0 Å². The van der Waals surface area contributed by atoms with Crippen LogP contribution in [0.15, 0.2) is 24.3 Å². The number of hydrogen-bond acceptors (Lipinski definition) is 3. The van der Waals surface area contributed by atoms with Crippen LogP contribution in [0.5, 0.6) is 0 Å². The SMILES string of the molecule is OCC1CCCN(c2ccc(CNC3CC3)cc2)C1. The minimum atomic E-state index is 0.319. The Bertz CT molecular complexity index is 400. The maximum Gasteiger partial charge on any atom is 0.0476 e. The zero-order chi connectivity index (χ0) is 13.1. The number of benzene rings is 1. The van der Waals surface area contributed by atoms with Gasteiger partial charge >= 0.3 is 0 Å². The van der Waals surface area contributed by atoms with E-state index in [4.69, 9.17) is 0 Å². The van der Waals surface area contributed by atoms with E-state index in [-0.39, 0.29) is 0 Å². The Morgan fingerprint density at radius 2 is 1.95 bits per heavy atom. The summed E-state index contributed by atoms with van der Waals surface area (Å²) in [6, 6.07) is 9.68. The number of aliphatic hydroxyl groups excluding tert-OH is 1. The quantitative estimate of drug-likeness (QED) is 0.851. The second-order valence-corrected chi connectivity index (χ2v) is 5.96. The van der Waals surface area contributed by atoms with E-state index in [2.05, 4.69) is 34.5 Å². The summed E-state index contributed by atoms with van der Waals surface area (Å²) in [7, 11) is 0. The molecule has 0 bridgehead atoms. The molecule has 2 aliphatic rings. The predicted octanol–water partition coefficient (Wildman–Crippen LogP) is 2.15. The van der Waals surface area contributed by atoms with E-state index in [9.17, 15) is 5.11 Å². The van der Waals surface area contributed by atoms with Crippen LogP contribution in [-0.4, -0.2) is 30.8 Å². The van der Waals surface area contributed by atoms with Gasteiger partial charge in [0.05, 0.1) is 0 Å². The van der Waals surface area contributed by atoms with Crippen LogP contribution < -0.4 is 10.2 Å². The minimum Gasteiger partial charge on any atom is -0.396 e. The standard InChI is InChI=1S/C16H24N2O/c19-12-14-2-1-9-18(11-14)16-7-3-13(4-8-16)10-17-15-5-6-15/h3-4,7-8,14-15,17,19H,1-2,5-6,9-12H2. The van der Waals surface area contributed by atoms with Gasteiger partial charge in [-0.2, -0.15) is 0 Å². The minimum absolute atomic E-state index is 0.319. The third kappa shape index (κ3) is 3.48. The van der Waals surface area contributed by atoms with Gasteiger partial charge in [-0.1, -0.05) is 12.1 Å². The van der Waals surface area contributed by atoms with Crippen LogP contribution in [0.4, 0.5) is 5.69 Å². The summed E-state index contributed by atoms with van der Waals surface area (Å²) in [5.74, 6) is 0.449. The molecule has 1 aliphatic heterocycles. The highest BCUT2D eigenvalue weighted by molar-refractivity contribution is 5.48. The average molecular weight is 260 g/mol. The van der Waals surface area contributed by atoms with E-state index in [0.717, 1.165) is 32.1 Å². The number of anilines is 1. The van der Waals surface area contributed by atoms with Crippen LogP contribution in [0.1, 0.15) is 31.2 Å². The van der Waals surface area contributed by atoms with Gasteiger partial charge in [-0.05, 0) is 49.3 Å². The smallest absolute Gasteiger partial charge is 0.0476 e. The Hall–Kier alpha value is -1.06. The highest BCUT2D eigenvalue weighted by atomic mass is 16.3. The maximum absolute atomic E-state index is 9.29. The lowest BCUT2D eigenvalue weighted by atomic mass is 9.98. The Labute approximate surface area is 115 Å². The molecule has 1 unspecified atom stereocenters. The van der Waals surface area contributed by atoms with Gasteiger partial charge < -0.3 is 15.3 Å². The molecular weight excluding hydrogens is 236 g/mol. The number of piperidine rings is 1. The van der Waals surface area contributed by atoms with Crippen molar-refractivity contribution >= 4 is 5.69 Å². The first kappa shape index (κ1) is 12.9. The summed E-state index contributed by atoms with van der Waals surface area (Å²) in [5.41, 5.74) is 2.67. The molecule has 1 saturated heterocycles. The van der Waals surface area contributed by atoms with Crippen molar-refractivity contribution in [3.05, 3.63) is 29.8 Å². The van der Waals surface area contributed by atoms with Crippen molar-refractivity contribution in [2.24, 2.45) is 5.92 Å². The predicted molar refractivity (Wildman–Crippen MR) is 78.3 cm³/mol. The number of aliphatic hydroxyl groups is 1. The zero-order valence-electron chi connectivity index (χ0n) is 11.5.